The van der Waals surface area contributed by atoms with Crippen LogP contribution in [-0.2, 0) is 32.7 Å². The van der Waals surface area contributed by atoms with Crippen LogP contribution in [0.15, 0.2) is 97.2 Å². The van der Waals surface area contributed by atoms with Crippen LogP contribution < -0.4 is 5.73 Å². The Bertz CT molecular complexity index is 1650. The summed E-state index contributed by atoms with van der Waals surface area (Å²) in [5.74, 6) is -0.825. The summed E-state index contributed by atoms with van der Waals surface area (Å²) >= 11 is 0. The Labute approximate surface area is 499 Å². The molecule has 0 saturated carbocycles. The molecule has 2 atom stereocenters. The molecule has 10 heteroatoms. The van der Waals surface area contributed by atoms with Gasteiger partial charge in [0.15, 0.2) is 6.10 Å². The minimum atomic E-state index is -4.40. The molecule has 0 fully saturated rings. The molecule has 0 aromatic heterocycles. The lowest BCUT2D eigenvalue weighted by atomic mass is 10.0. The highest BCUT2D eigenvalue weighted by Crippen LogP contribution is 2.43. The number of allylic oxidation sites excluding steroid dienone is 16. The summed E-state index contributed by atoms with van der Waals surface area (Å²) < 4.78 is 33.2. The maximum atomic E-state index is 12.8. The summed E-state index contributed by atoms with van der Waals surface area (Å²) in [6.45, 7) is 3.65. The number of phosphoric acid groups is 1. The standard InChI is InChI=1S/C71H126NO8P/c1-3-5-7-9-11-13-15-17-19-21-23-25-27-29-31-33-34-36-37-39-41-43-45-47-49-51-53-55-57-59-61-63-70(73)77-67-69(68-79-81(75,76)78-66-65-72)80-71(74)64-62-60-58-56-54-52-50-48-46-44-42-40-38-35-32-30-28-26-24-22-20-18-16-14-12-10-8-6-4-2/h6,8,12,14-15,17-18,20-21,23-24,26,30,32,38,40,69H,3-5,7,9-11,13,16,19,22,25,27-29,31,33-37,39,41-68,72H2,1-2H3,(H,75,76)/b8-6-,14-12-,17-15-,20-18-,23-21-,26-24-,32-30-,40-38-. The first-order valence-corrected chi connectivity index (χ1v) is 35.2. The average Bonchev–Trinajstić information content (AvgIpc) is 3.46. The molecule has 81 heavy (non-hydrogen) atoms. The summed E-state index contributed by atoms with van der Waals surface area (Å²) in [6.07, 6.45) is 89.2. The van der Waals surface area contributed by atoms with Crippen molar-refractivity contribution in [3.8, 4) is 0 Å². The van der Waals surface area contributed by atoms with E-state index in [4.69, 9.17) is 24.3 Å². The van der Waals surface area contributed by atoms with Crippen molar-refractivity contribution in [3.63, 3.8) is 0 Å². The number of hydrogen-bond acceptors (Lipinski definition) is 8. The van der Waals surface area contributed by atoms with Gasteiger partial charge in [0.2, 0.25) is 0 Å². The summed E-state index contributed by atoms with van der Waals surface area (Å²) in [6, 6.07) is 0. The molecule has 0 rings (SSSR count). The third-order valence-electron chi connectivity index (χ3n) is 14.5. The van der Waals surface area contributed by atoms with Gasteiger partial charge in [0, 0.05) is 19.4 Å². The maximum absolute atomic E-state index is 12.8. The highest BCUT2D eigenvalue weighted by Gasteiger charge is 2.26. The number of ether oxygens (including phenoxy) is 2. The van der Waals surface area contributed by atoms with Gasteiger partial charge < -0.3 is 20.1 Å². The lowest BCUT2D eigenvalue weighted by molar-refractivity contribution is -0.161. The van der Waals surface area contributed by atoms with Crippen LogP contribution in [0.3, 0.4) is 0 Å². The second-order valence-corrected chi connectivity index (χ2v) is 23.8. The Balaban J connectivity index is 3.91. The molecular weight excluding hydrogens is 1030 g/mol. The van der Waals surface area contributed by atoms with E-state index in [2.05, 4.69) is 111 Å². The molecular formula is C71H126NO8P. The fourth-order valence-corrected chi connectivity index (χ4v) is 10.3. The van der Waals surface area contributed by atoms with E-state index in [9.17, 15) is 19.0 Å². The van der Waals surface area contributed by atoms with Crippen LogP contribution in [0.4, 0.5) is 0 Å². The number of unbranched alkanes of at least 4 members (excludes halogenated alkanes) is 34. The number of carbonyl (C=O) groups is 2. The first-order chi connectivity index (χ1) is 39.8. The molecule has 0 heterocycles. The quantitative estimate of drug-likeness (QED) is 0.0264. The smallest absolute Gasteiger partial charge is 0.462 e. The summed E-state index contributed by atoms with van der Waals surface area (Å²) in [5, 5.41) is 0. The van der Waals surface area contributed by atoms with Gasteiger partial charge in [-0.1, -0.05) is 297 Å². The van der Waals surface area contributed by atoms with Crippen LogP contribution in [0.25, 0.3) is 0 Å². The lowest BCUT2D eigenvalue weighted by Gasteiger charge is -2.19. The van der Waals surface area contributed by atoms with Crippen LogP contribution in [0, 0.1) is 0 Å². The number of nitrogens with two attached hydrogens (primary N) is 1. The highest BCUT2D eigenvalue weighted by atomic mass is 31.2. The van der Waals surface area contributed by atoms with E-state index in [1.54, 1.807) is 0 Å². The lowest BCUT2D eigenvalue weighted by Crippen LogP contribution is -2.29. The zero-order valence-electron chi connectivity index (χ0n) is 52.5. The van der Waals surface area contributed by atoms with Gasteiger partial charge >= 0.3 is 19.8 Å². The molecule has 0 radical (unpaired) electrons. The number of phosphoric ester groups is 1. The molecule has 0 aliphatic heterocycles. The number of carbonyl (C=O) groups excluding carboxylic acids is 2. The normalized spacial score (nSPS) is 13.6. The minimum Gasteiger partial charge on any atom is -0.462 e. The minimum absolute atomic E-state index is 0.0498. The van der Waals surface area contributed by atoms with Crippen molar-refractivity contribution in [1.29, 1.82) is 0 Å². The first kappa shape index (κ1) is 77.9. The molecule has 0 bridgehead atoms. The fraction of sp³-hybridized carbons (Fsp3) is 0.746. The van der Waals surface area contributed by atoms with Crippen LogP contribution in [0.2, 0.25) is 0 Å². The van der Waals surface area contributed by atoms with Gasteiger partial charge in [-0.3, -0.25) is 18.6 Å². The molecule has 3 N–H and O–H groups in total. The third-order valence-corrected chi connectivity index (χ3v) is 15.4. The van der Waals surface area contributed by atoms with Crippen molar-refractivity contribution in [2.45, 2.75) is 315 Å². The van der Waals surface area contributed by atoms with E-state index < -0.39 is 26.5 Å². The largest absolute Gasteiger partial charge is 0.472 e. The topological polar surface area (TPSA) is 134 Å². The van der Waals surface area contributed by atoms with Crippen molar-refractivity contribution in [3.05, 3.63) is 97.2 Å². The molecule has 9 nitrogen and oxygen atoms in total. The Morgan fingerprint density at radius 1 is 0.383 bits per heavy atom. The van der Waals surface area contributed by atoms with Crippen LogP contribution in [0.5, 0.6) is 0 Å². The van der Waals surface area contributed by atoms with Crippen LogP contribution >= 0.6 is 7.82 Å². The Hall–Kier alpha value is -3.07. The molecule has 0 aliphatic carbocycles. The predicted octanol–water partition coefficient (Wildman–Crippen LogP) is 22.0. The van der Waals surface area contributed by atoms with Crippen molar-refractivity contribution in [2.24, 2.45) is 5.73 Å². The molecule has 2 unspecified atom stereocenters. The summed E-state index contributed by atoms with van der Waals surface area (Å²) in [4.78, 5) is 35.3. The van der Waals surface area contributed by atoms with Gasteiger partial charge in [0.25, 0.3) is 0 Å². The average molecular weight is 1150 g/mol. The first-order valence-electron chi connectivity index (χ1n) is 33.7. The van der Waals surface area contributed by atoms with Gasteiger partial charge in [0.05, 0.1) is 13.2 Å². The predicted molar refractivity (Wildman–Crippen MR) is 348 cm³/mol. The van der Waals surface area contributed by atoms with Crippen molar-refractivity contribution in [1.82, 2.24) is 0 Å². The third kappa shape index (κ3) is 65.9. The van der Waals surface area contributed by atoms with E-state index >= 15 is 0 Å². The van der Waals surface area contributed by atoms with E-state index in [-0.39, 0.29) is 38.6 Å². The maximum Gasteiger partial charge on any atom is 0.472 e. The van der Waals surface area contributed by atoms with Gasteiger partial charge in [-0.2, -0.15) is 0 Å². The summed E-state index contributed by atoms with van der Waals surface area (Å²) in [7, 11) is -4.40. The second-order valence-electron chi connectivity index (χ2n) is 22.3. The SMILES string of the molecule is CC/C=C\C/C=C\C/C=C\C/C=C\C/C=C\C/C=C\CCCCCCCCCCCCC(=O)OC(COC(=O)CCCCCCCCCCCCCCCCCCCCC/C=C\C/C=C\CCCCCCC)COP(=O)(O)OCCN. The van der Waals surface area contributed by atoms with Crippen molar-refractivity contribution < 1.29 is 37.6 Å². The highest BCUT2D eigenvalue weighted by molar-refractivity contribution is 7.47. The van der Waals surface area contributed by atoms with Crippen LogP contribution in [-0.4, -0.2) is 49.3 Å². The van der Waals surface area contributed by atoms with Gasteiger partial charge in [0.1, 0.15) is 6.61 Å². The Morgan fingerprint density at radius 2 is 0.679 bits per heavy atom. The van der Waals surface area contributed by atoms with Crippen molar-refractivity contribution >= 4 is 19.8 Å². The number of esters is 2. The molecule has 0 spiro atoms. The van der Waals surface area contributed by atoms with Crippen LogP contribution in [0.1, 0.15) is 309 Å². The molecule has 0 aromatic carbocycles. The second kappa shape index (κ2) is 66.1. The molecule has 0 amide bonds. The number of hydrogen-bond donors (Lipinski definition) is 2. The summed E-state index contributed by atoms with van der Waals surface area (Å²) in [5.41, 5.74) is 5.40. The fourth-order valence-electron chi connectivity index (χ4n) is 9.50. The van der Waals surface area contributed by atoms with Gasteiger partial charge in [-0.05, 0) is 96.3 Å². The monoisotopic (exact) mass is 1150 g/mol. The van der Waals surface area contributed by atoms with Crippen molar-refractivity contribution in [2.75, 3.05) is 26.4 Å². The van der Waals surface area contributed by atoms with Gasteiger partial charge in [-0.25, -0.2) is 4.57 Å². The van der Waals surface area contributed by atoms with E-state index in [0.29, 0.717) is 6.42 Å². The molecule has 0 saturated heterocycles. The number of rotatable bonds is 63. The van der Waals surface area contributed by atoms with Gasteiger partial charge in [-0.15, -0.1) is 0 Å². The zero-order chi connectivity index (χ0) is 58.7. The Kier molecular flexibility index (Phi) is 63.6. The zero-order valence-corrected chi connectivity index (χ0v) is 53.4. The molecule has 0 aliphatic rings. The van der Waals surface area contributed by atoms with E-state index in [1.165, 1.54) is 186 Å². The molecule has 0 aromatic rings. The Morgan fingerprint density at radius 3 is 1.01 bits per heavy atom. The molecule has 468 valence electrons. The van der Waals surface area contributed by atoms with E-state index in [0.717, 1.165) is 89.9 Å². The van der Waals surface area contributed by atoms with E-state index in [1.807, 2.05) is 0 Å².